The zero-order valence-corrected chi connectivity index (χ0v) is 11.1. The molecular weight excluding hydrogens is 280 g/mol. The van der Waals surface area contributed by atoms with Crippen LogP contribution in [0.1, 0.15) is 5.56 Å². The lowest BCUT2D eigenvalue weighted by atomic mass is 10.2. The van der Waals surface area contributed by atoms with Crippen LogP contribution in [-0.2, 0) is 4.79 Å². The molecule has 1 aromatic rings. The van der Waals surface area contributed by atoms with E-state index in [1.54, 1.807) is 24.3 Å². The highest BCUT2D eigenvalue weighted by molar-refractivity contribution is 6.34. The fourth-order valence-corrected chi connectivity index (χ4v) is 1.69. The molecule has 1 amide bonds. The minimum Gasteiger partial charge on any atom is -0.348 e. The van der Waals surface area contributed by atoms with Gasteiger partial charge in [-0.2, -0.15) is 0 Å². The van der Waals surface area contributed by atoms with Gasteiger partial charge < -0.3 is 5.32 Å². The van der Waals surface area contributed by atoms with Crippen LogP contribution in [0.3, 0.4) is 0 Å². The zero-order chi connectivity index (χ0) is 12.8. The maximum atomic E-state index is 11.3. The van der Waals surface area contributed by atoms with Crippen LogP contribution in [0.15, 0.2) is 35.9 Å². The van der Waals surface area contributed by atoms with E-state index >= 15 is 0 Å². The first-order chi connectivity index (χ1) is 7.97. The average molecular weight is 291 g/mol. The van der Waals surface area contributed by atoms with Crippen molar-refractivity contribution in [2.24, 2.45) is 0 Å². The Kier molecular flexibility index (Phi) is 5.56. The van der Waals surface area contributed by atoms with Crippen LogP contribution >= 0.6 is 34.8 Å². The summed E-state index contributed by atoms with van der Waals surface area (Å²) in [6.45, 7) is 3.70. The van der Waals surface area contributed by atoms with Crippen molar-refractivity contribution in [2.75, 3.05) is 6.54 Å². The van der Waals surface area contributed by atoms with Crippen molar-refractivity contribution in [1.82, 2.24) is 5.32 Å². The van der Waals surface area contributed by atoms with Gasteiger partial charge in [0, 0.05) is 21.2 Å². The summed E-state index contributed by atoms with van der Waals surface area (Å²) in [7, 11) is 0. The Morgan fingerprint density at radius 1 is 1.29 bits per heavy atom. The van der Waals surface area contributed by atoms with E-state index in [-0.39, 0.29) is 12.5 Å². The predicted molar refractivity (Wildman–Crippen MR) is 73.5 cm³/mol. The molecule has 0 atom stereocenters. The van der Waals surface area contributed by atoms with Crippen LogP contribution in [0.25, 0.3) is 6.08 Å². The summed E-state index contributed by atoms with van der Waals surface area (Å²) >= 11 is 17.2. The van der Waals surface area contributed by atoms with E-state index in [1.165, 1.54) is 6.08 Å². The molecule has 0 aromatic heterocycles. The van der Waals surface area contributed by atoms with Crippen molar-refractivity contribution in [2.45, 2.75) is 0 Å². The molecule has 0 fully saturated rings. The monoisotopic (exact) mass is 289 g/mol. The molecule has 2 nitrogen and oxygen atoms in total. The van der Waals surface area contributed by atoms with Gasteiger partial charge in [-0.25, -0.2) is 0 Å². The summed E-state index contributed by atoms with van der Waals surface area (Å²) in [5, 5.41) is 3.97. The molecule has 0 saturated heterocycles. The number of carbonyl (C=O) groups excluding carboxylic acids is 1. The Balaban J connectivity index is 2.63. The minimum atomic E-state index is -0.261. The van der Waals surface area contributed by atoms with Gasteiger partial charge in [0.15, 0.2) is 0 Å². The molecule has 0 heterocycles. The molecule has 90 valence electrons. The zero-order valence-electron chi connectivity index (χ0n) is 8.84. The first kappa shape index (κ1) is 14.1. The summed E-state index contributed by atoms with van der Waals surface area (Å²) in [6, 6.07) is 5.04. The molecule has 1 rings (SSSR count). The molecule has 5 heteroatoms. The van der Waals surface area contributed by atoms with Crippen molar-refractivity contribution < 1.29 is 4.79 Å². The molecular formula is C12H10Cl3NO. The maximum absolute atomic E-state index is 11.3. The van der Waals surface area contributed by atoms with E-state index in [0.717, 1.165) is 5.56 Å². The van der Waals surface area contributed by atoms with E-state index < -0.39 is 0 Å². The van der Waals surface area contributed by atoms with Crippen LogP contribution in [-0.4, -0.2) is 12.5 Å². The standard InChI is InChI=1S/C12H10Cl3NO/c1-8(13)7-16-12(17)3-2-9-4-10(14)6-11(15)5-9/h2-6H,1,7H2,(H,16,17)/b3-2+. The Morgan fingerprint density at radius 3 is 2.41 bits per heavy atom. The Morgan fingerprint density at radius 2 is 1.88 bits per heavy atom. The molecule has 0 aliphatic carbocycles. The highest BCUT2D eigenvalue weighted by Gasteiger charge is 1.97. The van der Waals surface area contributed by atoms with E-state index in [0.29, 0.717) is 15.1 Å². The van der Waals surface area contributed by atoms with Gasteiger partial charge >= 0.3 is 0 Å². The first-order valence-corrected chi connectivity index (χ1v) is 5.86. The lowest BCUT2D eigenvalue weighted by Crippen LogP contribution is -2.21. The van der Waals surface area contributed by atoms with Gasteiger partial charge in [0.05, 0.1) is 6.54 Å². The molecule has 0 spiro atoms. The number of hydrogen-bond acceptors (Lipinski definition) is 1. The molecule has 1 N–H and O–H groups in total. The number of benzene rings is 1. The fourth-order valence-electron chi connectivity index (χ4n) is 1.09. The van der Waals surface area contributed by atoms with E-state index in [2.05, 4.69) is 11.9 Å². The predicted octanol–water partition coefficient (Wildman–Crippen LogP) is 3.88. The van der Waals surface area contributed by atoms with Crippen LogP contribution in [0.2, 0.25) is 10.0 Å². The second kappa shape index (κ2) is 6.70. The summed E-state index contributed by atoms with van der Waals surface area (Å²) in [4.78, 5) is 11.3. The van der Waals surface area contributed by atoms with Gasteiger partial charge in [-0.05, 0) is 29.8 Å². The van der Waals surface area contributed by atoms with Gasteiger partial charge in [0.2, 0.25) is 5.91 Å². The summed E-state index contributed by atoms with van der Waals surface area (Å²) in [5.41, 5.74) is 0.752. The fraction of sp³-hybridized carbons (Fsp3) is 0.0833. The van der Waals surface area contributed by atoms with Gasteiger partial charge in [-0.3, -0.25) is 4.79 Å². The van der Waals surface area contributed by atoms with E-state index in [1.807, 2.05) is 0 Å². The number of hydrogen-bond donors (Lipinski definition) is 1. The lowest BCUT2D eigenvalue weighted by Gasteiger charge is -1.99. The Hall–Kier alpha value is -0.960. The summed E-state index contributed by atoms with van der Waals surface area (Å²) in [6.07, 6.45) is 2.99. The lowest BCUT2D eigenvalue weighted by molar-refractivity contribution is -0.116. The molecule has 0 bridgehead atoms. The smallest absolute Gasteiger partial charge is 0.244 e. The van der Waals surface area contributed by atoms with Crippen molar-refractivity contribution >= 4 is 46.8 Å². The molecule has 17 heavy (non-hydrogen) atoms. The summed E-state index contributed by atoms with van der Waals surface area (Å²) in [5.74, 6) is -0.261. The second-order valence-corrected chi connectivity index (χ2v) is 4.68. The van der Waals surface area contributed by atoms with Gasteiger partial charge in [0.1, 0.15) is 0 Å². The number of nitrogens with one attached hydrogen (secondary N) is 1. The van der Waals surface area contributed by atoms with Gasteiger partial charge in [0.25, 0.3) is 0 Å². The van der Waals surface area contributed by atoms with Crippen LogP contribution in [0.4, 0.5) is 0 Å². The van der Waals surface area contributed by atoms with Crippen molar-refractivity contribution in [3.05, 3.63) is 51.5 Å². The van der Waals surface area contributed by atoms with Crippen LogP contribution in [0, 0.1) is 0 Å². The third-order valence-electron chi connectivity index (χ3n) is 1.77. The largest absolute Gasteiger partial charge is 0.348 e. The van der Waals surface area contributed by atoms with E-state index in [4.69, 9.17) is 34.8 Å². The summed E-state index contributed by atoms with van der Waals surface area (Å²) < 4.78 is 0. The quantitative estimate of drug-likeness (QED) is 0.838. The normalized spacial score (nSPS) is 10.5. The SMILES string of the molecule is C=C(Cl)CNC(=O)/C=C/c1cc(Cl)cc(Cl)c1. The van der Waals surface area contributed by atoms with Crippen molar-refractivity contribution in [3.63, 3.8) is 0 Å². The molecule has 0 radical (unpaired) electrons. The number of rotatable bonds is 4. The molecule has 0 unspecified atom stereocenters. The molecule has 0 aliphatic heterocycles. The second-order valence-electron chi connectivity index (χ2n) is 3.27. The average Bonchev–Trinajstić information content (AvgIpc) is 2.22. The number of amides is 1. The molecule has 0 saturated carbocycles. The van der Waals surface area contributed by atoms with Gasteiger partial charge in [-0.1, -0.05) is 41.4 Å². The Bertz CT molecular complexity index is 449. The topological polar surface area (TPSA) is 29.1 Å². The third kappa shape index (κ3) is 5.78. The van der Waals surface area contributed by atoms with E-state index in [9.17, 15) is 4.79 Å². The first-order valence-electron chi connectivity index (χ1n) is 4.72. The van der Waals surface area contributed by atoms with Gasteiger partial charge in [-0.15, -0.1) is 0 Å². The van der Waals surface area contributed by atoms with Crippen LogP contribution < -0.4 is 5.32 Å². The highest BCUT2D eigenvalue weighted by atomic mass is 35.5. The molecule has 0 aliphatic rings. The number of carbonyl (C=O) groups is 1. The number of halogens is 3. The third-order valence-corrected chi connectivity index (χ3v) is 2.34. The molecule has 1 aromatic carbocycles. The Labute approximate surface area is 115 Å². The van der Waals surface area contributed by atoms with Crippen molar-refractivity contribution in [1.29, 1.82) is 0 Å². The van der Waals surface area contributed by atoms with Crippen LogP contribution in [0.5, 0.6) is 0 Å². The highest BCUT2D eigenvalue weighted by Crippen LogP contribution is 2.19. The maximum Gasteiger partial charge on any atom is 0.244 e. The van der Waals surface area contributed by atoms with Crippen molar-refractivity contribution in [3.8, 4) is 0 Å². The minimum absolute atomic E-state index is 0.237.